The summed E-state index contributed by atoms with van der Waals surface area (Å²) in [6.45, 7) is 3.48. The van der Waals surface area contributed by atoms with Crippen molar-refractivity contribution in [3.8, 4) is 0 Å². The van der Waals surface area contributed by atoms with Crippen molar-refractivity contribution in [3.05, 3.63) is 24.4 Å². The maximum absolute atomic E-state index is 11.9. The van der Waals surface area contributed by atoms with Crippen molar-refractivity contribution >= 4 is 16.0 Å². The molecule has 0 aliphatic heterocycles. The summed E-state index contributed by atoms with van der Waals surface area (Å²) in [6.07, 6.45) is 1.90. The number of pyridine rings is 1. The molecule has 0 unspecified atom stereocenters. The second-order valence-electron chi connectivity index (χ2n) is 3.99. The van der Waals surface area contributed by atoms with Gasteiger partial charge in [-0.1, -0.05) is 26.3 Å². The van der Waals surface area contributed by atoms with Crippen LogP contribution in [0.4, 0.5) is 0 Å². The lowest BCUT2D eigenvalue weighted by Gasteiger charge is -2.19. The Morgan fingerprint density at radius 3 is 2.61 bits per heavy atom. The Kier molecular flexibility index (Phi) is 4.80. The number of nitrogens with one attached hydrogen (secondary N) is 1. The molecule has 1 aromatic rings. The van der Waals surface area contributed by atoms with Crippen molar-refractivity contribution in [2.45, 2.75) is 31.3 Å². The summed E-state index contributed by atoms with van der Waals surface area (Å²) in [7, 11) is -3.90. The molecule has 18 heavy (non-hydrogen) atoms. The number of sulfonamides is 1. The number of carboxylic acid groups (broad SMARTS) is 1. The summed E-state index contributed by atoms with van der Waals surface area (Å²) >= 11 is 0. The Bertz CT molecular complexity index is 501. The number of hydrogen-bond acceptors (Lipinski definition) is 4. The molecule has 7 heteroatoms. The van der Waals surface area contributed by atoms with E-state index in [1.807, 2.05) is 0 Å². The van der Waals surface area contributed by atoms with Crippen LogP contribution in [0.25, 0.3) is 0 Å². The van der Waals surface area contributed by atoms with Crippen LogP contribution in [0.3, 0.4) is 0 Å². The number of carbonyl (C=O) groups is 1. The van der Waals surface area contributed by atoms with E-state index in [-0.39, 0.29) is 10.9 Å². The Morgan fingerprint density at radius 1 is 1.50 bits per heavy atom. The molecule has 0 saturated heterocycles. The summed E-state index contributed by atoms with van der Waals surface area (Å²) < 4.78 is 26.0. The van der Waals surface area contributed by atoms with Crippen LogP contribution >= 0.6 is 0 Å². The zero-order valence-corrected chi connectivity index (χ0v) is 11.0. The predicted octanol–water partition coefficient (Wildman–Crippen LogP) is 0.859. The van der Waals surface area contributed by atoms with Gasteiger partial charge in [0.2, 0.25) is 0 Å². The van der Waals surface area contributed by atoms with E-state index in [0.717, 1.165) is 0 Å². The van der Waals surface area contributed by atoms with Gasteiger partial charge in [-0.25, -0.2) is 13.4 Å². The molecule has 0 radical (unpaired) electrons. The molecular formula is C11H16N2O4S. The molecule has 0 spiro atoms. The lowest BCUT2D eigenvalue weighted by atomic mass is 10.0. The van der Waals surface area contributed by atoms with Gasteiger partial charge >= 0.3 is 5.97 Å². The first-order chi connectivity index (χ1) is 8.38. The maximum atomic E-state index is 11.9. The van der Waals surface area contributed by atoms with Crippen molar-refractivity contribution in [1.29, 1.82) is 0 Å². The zero-order chi connectivity index (χ0) is 13.8. The standard InChI is InChI=1S/C11H16N2O4S/c1-3-8(2)10(11(14)15)13-18(16,17)9-6-4-5-7-12-9/h4-8,10,13H,3H2,1-2H3,(H,14,15)/t8-,10-/m0/s1. The van der Waals surface area contributed by atoms with E-state index in [2.05, 4.69) is 9.71 Å². The van der Waals surface area contributed by atoms with E-state index in [1.165, 1.54) is 18.3 Å². The molecule has 0 amide bonds. The number of nitrogens with zero attached hydrogens (tertiary/aromatic N) is 1. The van der Waals surface area contributed by atoms with Crippen LogP contribution < -0.4 is 4.72 Å². The monoisotopic (exact) mass is 272 g/mol. The van der Waals surface area contributed by atoms with Gasteiger partial charge in [0.25, 0.3) is 10.0 Å². The number of aromatic nitrogens is 1. The number of aliphatic carboxylic acids is 1. The first-order valence-corrected chi connectivity index (χ1v) is 7.03. The fourth-order valence-electron chi connectivity index (χ4n) is 1.38. The van der Waals surface area contributed by atoms with Crippen LogP contribution in [0.1, 0.15) is 20.3 Å². The molecule has 0 saturated carbocycles. The van der Waals surface area contributed by atoms with Crippen LogP contribution in [0.15, 0.2) is 29.4 Å². The molecule has 0 aliphatic carbocycles. The molecule has 6 nitrogen and oxygen atoms in total. The van der Waals surface area contributed by atoms with Gasteiger partial charge in [0.1, 0.15) is 6.04 Å². The van der Waals surface area contributed by atoms with Crippen molar-refractivity contribution in [2.75, 3.05) is 0 Å². The molecule has 0 aromatic carbocycles. The second-order valence-corrected chi connectivity index (χ2v) is 5.65. The Morgan fingerprint density at radius 2 is 2.17 bits per heavy atom. The Labute approximate surface area is 106 Å². The summed E-state index contributed by atoms with van der Waals surface area (Å²) in [5, 5.41) is 8.86. The molecule has 2 atom stereocenters. The van der Waals surface area contributed by atoms with Crippen LogP contribution in [0, 0.1) is 5.92 Å². The Balaban J connectivity index is 2.97. The highest BCUT2D eigenvalue weighted by Gasteiger charge is 2.29. The summed E-state index contributed by atoms with van der Waals surface area (Å²) in [5.74, 6) is -1.50. The summed E-state index contributed by atoms with van der Waals surface area (Å²) in [6, 6.07) is 3.28. The van der Waals surface area contributed by atoms with E-state index in [9.17, 15) is 13.2 Å². The van der Waals surface area contributed by atoms with Gasteiger partial charge < -0.3 is 5.11 Å². The van der Waals surface area contributed by atoms with Crippen LogP contribution in [-0.4, -0.2) is 30.5 Å². The average molecular weight is 272 g/mol. The van der Waals surface area contributed by atoms with Gasteiger partial charge in [0, 0.05) is 6.20 Å². The first kappa shape index (κ1) is 14.6. The molecule has 100 valence electrons. The van der Waals surface area contributed by atoms with Gasteiger partial charge in [-0.15, -0.1) is 0 Å². The highest BCUT2D eigenvalue weighted by atomic mass is 32.2. The minimum atomic E-state index is -3.90. The number of rotatable bonds is 6. The molecule has 1 rings (SSSR count). The van der Waals surface area contributed by atoms with Crippen molar-refractivity contribution < 1.29 is 18.3 Å². The van der Waals surface area contributed by atoms with E-state index >= 15 is 0 Å². The lowest BCUT2D eigenvalue weighted by molar-refractivity contribution is -0.140. The minimum Gasteiger partial charge on any atom is -0.480 e. The smallest absolute Gasteiger partial charge is 0.322 e. The minimum absolute atomic E-state index is 0.181. The molecule has 1 heterocycles. The van der Waals surface area contributed by atoms with Crippen molar-refractivity contribution in [1.82, 2.24) is 9.71 Å². The SMILES string of the molecule is CC[C@H](C)[C@H](NS(=O)(=O)c1ccccn1)C(=O)O. The van der Waals surface area contributed by atoms with Crippen molar-refractivity contribution in [3.63, 3.8) is 0 Å². The highest BCUT2D eigenvalue weighted by Crippen LogP contribution is 2.12. The molecular weight excluding hydrogens is 256 g/mol. The van der Waals surface area contributed by atoms with Gasteiger partial charge in [-0.2, -0.15) is 4.72 Å². The molecule has 0 bridgehead atoms. The second kappa shape index (κ2) is 5.92. The summed E-state index contributed by atoms with van der Waals surface area (Å²) in [4.78, 5) is 14.8. The highest BCUT2D eigenvalue weighted by molar-refractivity contribution is 7.89. The third-order valence-electron chi connectivity index (χ3n) is 2.67. The molecule has 0 aliphatic rings. The molecule has 1 aromatic heterocycles. The predicted molar refractivity (Wildman–Crippen MR) is 65.4 cm³/mol. The first-order valence-electron chi connectivity index (χ1n) is 5.54. The summed E-state index contributed by atoms with van der Waals surface area (Å²) in [5.41, 5.74) is 0. The number of hydrogen-bond donors (Lipinski definition) is 2. The van der Waals surface area contributed by atoms with Gasteiger partial charge in [0.15, 0.2) is 5.03 Å². The van der Waals surface area contributed by atoms with Crippen LogP contribution in [-0.2, 0) is 14.8 Å². The Hall–Kier alpha value is -1.47. The number of carboxylic acids is 1. The third-order valence-corrected chi connectivity index (χ3v) is 4.03. The maximum Gasteiger partial charge on any atom is 0.322 e. The van der Waals surface area contributed by atoms with E-state index in [0.29, 0.717) is 6.42 Å². The fraction of sp³-hybridized carbons (Fsp3) is 0.455. The van der Waals surface area contributed by atoms with E-state index in [1.54, 1.807) is 19.9 Å². The van der Waals surface area contributed by atoms with Gasteiger partial charge in [-0.3, -0.25) is 4.79 Å². The van der Waals surface area contributed by atoms with Gasteiger partial charge in [-0.05, 0) is 18.1 Å². The van der Waals surface area contributed by atoms with Crippen molar-refractivity contribution in [2.24, 2.45) is 5.92 Å². The average Bonchev–Trinajstić information content (AvgIpc) is 2.36. The van der Waals surface area contributed by atoms with Crippen LogP contribution in [0.2, 0.25) is 0 Å². The topological polar surface area (TPSA) is 96.4 Å². The zero-order valence-electron chi connectivity index (χ0n) is 10.2. The fourth-order valence-corrected chi connectivity index (χ4v) is 2.62. The third kappa shape index (κ3) is 3.51. The van der Waals surface area contributed by atoms with Gasteiger partial charge in [0.05, 0.1) is 0 Å². The molecule has 2 N–H and O–H groups in total. The lowest BCUT2D eigenvalue weighted by Crippen LogP contribution is -2.45. The molecule has 0 fully saturated rings. The van der Waals surface area contributed by atoms with E-state index < -0.39 is 22.0 Å². The van der Waals surface area contributed by atoms with Crippen LogP contribution in [0.5, 0.6) is 0 Å². The largest absolute Gasteiger partial charge is 0.480 e. The quantitative estimate of drug-likeness (QED) is 0.800. The normalized spacial score (nSPS) is 15.0. The van der Waals surface area contributed by atoms with E-state index in [4.69, 9.17) is 5.11 Å².